The van der Waals surface area contributed by atoms with Crippen LogP contribution in [0, 0.1) is 0 Å². The summed E-state index contributed by atoms with van der Waals surface area (Å²) in [5.41, 5.74) is 0. The van der Waals surface area contributed by atoms with Crippen LogP contribution in [0.1, 0.15) is 265 Å². The minimum absolute atomic E-state index is 0.0319. The minimum atomic E-state index is -4.71. The van der Waals surface area contributed by atoms with Gasteiger partial charge in [-0.3, -0.25) is 14.2 Å². The first-order chi connectivity index (χ1) is 35.4. The van der Waals surface area contributed by atoms with Crippen molar-refractivity contribution in [3.05, 3.63) is 72.9 Å². The largest absolute Gasteiger partial charge is 0.756 e. The molecule has 1 N–H and O–H groups in total. The van der Waals surface area contributed by atoms with E-state index in [2.05, 4.69) is 86.8 Å². The highest BCUT2D eigenvalue weighted by atomic mass is 31.2. The third kappa shape index (κ3) is 54.1. The van der Waals surface area contributed by atoms with Gasteiger partial charge in [-0.15, -0.1) is 0 Å². The van der Waals surface area contributed by atoms with Crippen LogP contribution in [0.15, 0.2) is 72.9 Å². The molecule has 1 amide bonds. The number of amides is 1. The molecule has 0 bridgehead atoms. The summed E-state index contributed by atoms with van der Waals surface area (Å²) in [6.07, 6.45) is 67.2. The number of phosphoric ester groups is 1. The topological polar surface area (TPSA) is 114 Å². The van der Waals surface area contributed by atoms with Crippen molar-refractivity contribution in [2.45, 2.75) is 277 Å². The predicted molar refractivity (Wildman–Crippen MR) is 312 cm³/mol. The molecule has 73 heavy (non-hydrogen) atoms. The van der Waals surface area contributed by atoms with Crippen LogP contribution in [0.5, 0.6) is 0 Å². The molecule has 0 aliphatic rings. The van der Waals surface area contributed by atoms with E-state index in [0.29, 0.717) is 23.9 Å². The number of esters is 1. The Kier molecular flexibility index (Phi) is 51.0. The van der Waals surface area contributed by atoms with Crippen molar-refractivity contribution in [2.75, 3.05) is 40.9 Å². The Morgan fingerprint density at radius 1 is 0.493 bits per heavy atom. The molecule has 0 aromatic rings. The molecule has 0 aromatic carbocycles. The number of likely N-dealkylation sites (N-methyl/N-ethyl adjacent to an activating group) is 1. The zero-order valence-corrected chi connectivity index (χ0v) is 49.2. The fourth-order valence-corrected chi connectivity index (χ4v) is 9.12. The van der Waals surface area contributed by atoms with Crippen molar-refractivity contribution >= 4 is 19.7 Å². The summed E-state index contributed by atoms with van der Waals surface area (Å²) in [5, 5.41) is 3.01. The summed E-state index contributed by atoms with van der Waals surface area (Å²) in [4.78, 5) is 39.9. The van der Waals surface area contributed by atoms with Gasteiger partial charge in [0.2, 0.25) is 5.91 Å². The highest BCUT2D eigenvalue weighted by Gasteiger charge is 2.27. The first-order valence-corrected chi connectivity index (χ1v) is 31.7. The maximum atomic E-state index is 13.5. The van der Waals surface area contributed by atoms with Crippen LogP contribution in [-0.2, 0) is 27.9 Å². The van der Waals surface area contributed by atoms with Gasteiger partial charge in [0, 0.05) is 12.8 Å². The Balaban J connectivity index is 5.36. The van der Waals surface area contributed by atoms with E-state index in [4.69, 9.17) is 13.8 Å². The molecule has 3 atom stereocenters. The third-order valence-electron chi connectivity index (χ3n) is 13.1. The zero-order valence-electron chi connectivity index (χ0n) is 48.3. The summed E-state index contributed by atoms with van der Waals surface area (Å²) in [6, 6.07) is -0.909. The smallest absolute Gasteiger partial charge is 0.306 e. The van der Waals surface area contributed by atoms with E-state index in [-0.39, 0.29) is 31.3 Å². The summed E-state index contributed by atoms with van der Waals surface area (Å²) < 4.78 is 30.2. The SMILES string of the molecule is CCCCC/C=C\C/C=C\C/C=C\CCCCCCCCC(=O)OC(/C=C/CCCCCCCCCCCC)C(COP(=O)([O-])OCC[N+](C)(C)C)NC(=O)CCCCC/C=C/C=C/CCCCCCCCC. The molecule has 10 heteroatoms. The second-order valence-electron chi connectivity index (χ2n) is 21.5. The molecule has 0 heterocycles. The van der Waals surface area contributed by atoms with E-state index in [1.54, 1.807) is 0 Å². The van der Waals surface area contributed by atoms with Crippen LogP contribution < -0.4 is 10.2 Å². The van der Waals surface area contributed by atoms with Crippen molar-refractivity contribution in [1.29, 1.82) is 0 Å². The molecule has 0 saturated heterocycles. The molecule has 0 aliphatic heterocycles. The quantitative estimate of drug-likeness (QED) is 0.0161. The van der Waals surface area contributed by atoms with E-state index in [0.717, 1.165) is 96.3 Å². The molecule has 0 saturated carbocycles. The number of unbranched alkanes of at least 4 members (excludes halogenated alkanes) is 29. The van der Waals surface area contributed by atoms with Crippen molar-refractivity contribution in [3.63, 3.8) is 0 Å². The van der Waals surface area contributed by atoms with E-state index in [9.17, 15) is 19.0 Å². The molecule has 0 radical (unpaired) electrons. The van der Waals surface area contributed by atoms with Gasteiger partial charge in [0.25, 0.3) is 7.82 Å². The van der Waals surface area contributed by atoms with Gasteiger partial charge in [-0.2, -0.15) is 0 Å². The lowest BCUT2D eigenvalue weighted by Crippen LogP contribution is -2.47. The number of carbonyl (C=O) groups is 2. The van der Waals surface area contributed by atoms with E-state index < -0.39 is 26.6 Å². The van der Waals surface area contributed by atoms with Crippen LogP contribution >= 0.6 is 7.82 Å². The van der Waals surface area contributed by atoms with E-state index in [1.807, 2.05) is 33.3 Å². The van der Waals surface area contributed by atoms with Crippen LogP contribution in [0.3, 0.4) is 0 Å². The fourth-order valence-electron chi connectivity index (χ4n) is 8.40. The number of quaternary nitrogens is 1. The minimum Gasteiger partial charge on any atom is -0.756 e. The summed E-state index contributed by atoms with van der Waals surface area (Å²) in [7, 11) is 1.15. The molecular formula is C63H115N2O7P. The lowest BCUT2D eigenvalue weighted by Gasteiger charge is -2.30. The van der Waals surface area contributed by atoms with Crippen molar-refractivity contribution in [1.82, 2.24) is 5.32 Å². The first-order valence-electron chi connectivity index (χ1n) is 30.3. The highest BCUT2D eigenvalue weighted by Crippen LogP contribution is 2.38. The number of phosphoric acid groups is 1. The fraction of sp³-hybridized carbons (Fsp3) is 0.778. The summed E-state index contributed by atoms with van der Waals surface area (Å²) in [6.45, 7) is 6.78. The molecule has 0 aliphatic carbocycles. The van der Waals surface area contributed by atoms with Gasteiger partial charge in [0.15, 0.2) is 0 Å². The van der Waals surface area contributed by atoms with Gasteiger partial charge in [-0.05, 0) is 96.0 Å². The maximum absolute atomic E-state index is 13.5. The van der Waals surface area contributed by atoms with Gasteiger partial charge in [0.1, 0.15) is 19.3 Å². The number of hydrogen-bond acceptors (Lipinski definition) is 7. The number of allylic oxidation sites excluding steroid dienone is 11. The Labute approximate surface area is 451 Å². The average Bonchev–Trinajstić information content (AvgIpc) is 3.35. The standard InChI is InChI=1S/C63H115N2O7P/c1-7-10-13-16-19-22-25-28-30-32-33-34-36-38-41-44-47-50-53-56-63(67)72-61(54-51-48-45-42-39-27-24-21-18-15-12-9-3)60(59-71-73(68,69)70-58-57-65(4,5)6)64-62(66)55-52-49-46-43-40-37-35-31-29-26-23-20-17-14-11-8-2/h19,22,28,30-31,33-35,37,40,51,54,60-61H,7-18,20-21,23-27,29,32,36,38-39,41-50,52-53,55-59H2,1-6H3,(H-,64,66,68,69)/b22-19-,30-28-,34-33-,35-31+,40-37+,54-51+. The molecule has 0 rings (SSSR count). The molecular weight excluding hydrogens is 928 g/mol. The Hall–Kier alpha value is -2.55. The van der Waals surface area contributed by atoms with Crippen molar-refractivity contribution in [3.8, 4) is 0 Å². The van der Waals surface area contributed by atoms with E-state index >= 15 is 0 Å². The van der Waals surface area contributed by atoms with Crippen LogP contribution in [0.2, 0.25) is 0 Å². The first kappa shape index (κ1) is 70.5. The van der Waals surface area contributed by atoms with Gasteiger partial charge >= 0.3 is 5.97 Å². The van der Waals surface area contributed by atoms with Crippen LogP contribution in [0.25, 0.3) is 0 Å². The molecule has 3 unspecified atom stereocenters. The molecule has 9 nitrogen and oxygen atoms in total. The normalized spacial score (nSPS) is 14.2. The van der Waals surface area contributed by atoms with Gasteiger partial charge in [0.05, 0.1) is 33.8 Å². The maximum Gasteiger partial charge on any atom is 0.306 e. The number of hydrogen-bond donors (Lipinski definition) is 1. The van der Waals surface area contributed by atoms with Crippen molar-refractivity contribution < 1.29 is 37.3 Å². The molecule has 0 fully saturated rings. The number of carbonyl (C=O) groups excluding carboxylic acids is 2. The number of ether oxygens (including phenoxy) is 1. The average molecular weight is 1040 g/mol. The third-order valence-corrected chi connectivity index (χ3v) is 14.1. The number of nitrogens with zero attached hydrogens (tertiary/aromatic N) is 1. The van der Waals surface area contributed by atoms with Crippen LogP contribution in [-0.4, -0.2) is 69.4 Å². The van der Waals surface area contributed by atoms with Crippen LogP contribution in [0.4, 0.5) is 0 Å². The Morgan fingerprint density at radius 2 is 0.877 bits per heavy atom. The Bertz CT molecular complexity index is 1480. The lowest BCUT2D eigenvalue weighted by atomic mass is 10.0. The summed E-state index contributed by atoms with van der Waals surface area (Å²) >= 11 is 0. The second kappa shape index (κ2) is 52.9. The molecule has 0 spiro atoms. The lowest BCUT2D eigenvalue weighted by molar-refractivity contribution is -0.870. The molecule has 0 aromatic heterocycles. The number of rotatable bonds is 54. The zero-order chi connectivity index (χ0) is 53.6. The van der Waals surface area contributed by atoms with Gasteiger partial charge < -0.3 is 28.5 Å². The van der Waals surface area contributed by atoms with Gasteiger partial charge in [-0.1, -0.05) is 229 Å². The second-order valence-corrected chi connectivity index (χ2v) is 22.9. The summed E-state index contributed by atoms with van der Waals surface area (Å²) in [5.74, 6) is -0.586. The van der Waals surface area contributed by atoms with Gasteiger partial charge in [-0.25, -0.2) is 0 Å². The van der Waals surface area contributed by atoms with E-state index in [1.165, 1.54) is 122 Å². The monoisotopic (exact) mass is 1040 g/mol. The van der Waals surface area contributed by atoms with Crippen molar-refractivity contribution in [2.24, 2.45) is 0 Å². The highest BCUT2D eigenvalue weighted by molar-refractivity contribution is 7.45. The molecule has 424 valence electrons. The predicted octanol–water partition coefficient (Wildman–Crippen LogP) is 17.8. The number of nitrogens with one attached hydrogen (secondary N) is 1. The Morgan fingerprint density at radius 3 is 1.37 bits per heavy atom.